The van der Waals surface area contributed by atoms with E-state index in [1.807, 2.05) is 0 Å². The van der Waals surface area contributed by atoms with Gasteiger partial charge in [-0.1, -0.05) is 21.0 Å². The third kappa shape index (κ3) is 4.81. The second-order valence-electron chi connectivity index (χ2n) is 4.86. The molecule has 1 aliphatic heterocycles. The highest BCUT2D eigenvalue weighted by Crippen LogP contribution is 2.38. The summed E-state index contributed by atoms with van der Waals surface area (Å²) in [5, 5.41) is 12.9. The van der Waals surface area contributed by atoms with Gasteiger partial charge in [0.1, 0.15) is 12.7 Å². The summed E-state index contributed by atoms with van der Waals surface area (Å²) in [7, 11) is 0. The molecule has 1 N–H and O–H groups in total. The lowest BCUT2D eigenvalue weighted by Crippen LogP contribution is -2.67. The molecule has 0 bridgehead atoms. The maximum absolute atomic E-state index is 11.3. The summed E-state index contributed by atoms with van der Waals surface area (Å²) in [4.78, 5) is 36.1. The molecule has 1 fully saturated rings. The largest absolute Gasteiger partial charge is 0.463 e. The zero-order chi connectivity index (χ0) is 18.5. The van der Waals surface area contributed by atoms with E-state index >= 15 is 0 Å². The molecule has 0 aromatic rings. The predicted octanol–water partition coefficient (Wildman–Crippen LogP) is 0.532. The summed E-state index contributed by atoms with van der Waals surface area (Å²) in [6.07, 6.45) is -4.27. The molecular weight excluding hydrogens is 394 g/mol. The summed E-state index contributed by atoms with van der Waals surface area (Å²) in [6, 6.07) is 0. The average Bonchev–Trinajstić information content (AvgIpc) is 2.44. The molecule has 11 nitrogen and oxygen atoms in total. The maximum atomic E-state index is 11.3. The van der Waals surface area contributed by atoms with Crippen LogP contribution in [0, 0.1) is 0 Å². The fourth-order valence-corrected chi connectivity index (χ4v) is 2.88. The SMILES string of the molecule is CC(=O)OC[C@H]1O[C@H](Br)[C@H](OC(C)=O)[C@](O)(N=[N+]=[N-])[C@H]1OC(C)=O. The molecule has 134 valence electrons. The molecule has 0 spiro atoms. The van der Waals surface area contributed by atoms with Gasteiger partial charge in [0.2, 0.25) is 5.72 Å². The van der Waals surface area contributed by atoms with Gasteiger partial charge in [-0.05, 0) is 5.53 Å². The summed E-state index contributed by atoms with van der Waals surface area (Å²) in [6.45, 7) is 2.88. The highest BCUT2D eigenvalue weighted by atomic mass is 79.9. The van der Waals surface area contributed by atoms with Gasteiger partial charge in [-0.25, -0.2) is 0 Å². The minimum absolute atomic E-state index is 0.397. The summed E-state index contributed by atoms with van der Waals surface area (Å²) in [5.74, 6) is -2.25. The first-order valence-corrected chi connectivity index (χ1v) is 7.59. The third-order valence-corrected chi connectivity index (χ3v) is 3.66. The zero-order valence-electron chi connectivity index (χ0n) is 13.0. The molecule has 12 heteroatoms. The standard InChI is InChI=1S/C12H16BrN3O8/c1-5(17)21-4-8-9(22-6(2)18)12(20,15-16-14)10(11(13)24-8)23-7(3)19/h8-11,20H,4H2,1-3H3/t8-,9+,10+,11+,12+/m1/s1. The summed E-state index contributed by atoms with van der Waals surface area (Å²) >= 11 is 3.05. The minimum atomic E-state index is -2.48. The zero-order valence-corrected chi connectivity index (χ0v) is 14.6. The molecule has 0 amide bonds. The van der Waals surface area contributed by atoms with Crippen LogP contribution in [0.15, 0.2) is 5.11 Å². The van der Waals surface area contributed by atoms with E-state index in [0.717, 1.165) is 20.8 Å². The lowest BCUT2D eigenvalue weighted by Gasteiger charge is -2.46. The number of carbonyl (C=O) groups excluding carboxylic acids is 3. The molecule has 1 saturated heterocycles. The Hall–Kier alpha value is -1.88. The van der Waals surface area contributed by atoms with Crippen molar-refractivity contribution in [1.82, 2.24) is 0 Å². The molecular formula is C12H16BrN3O8. The Morgan fingerprint density at radius 2 is 1.75 bits per heavy atom. The van der Waals surface area contributed by atoms with Crippen molar-refractivity contribution in [2.75, 3.05) is 6.61 Å². The van der Waals surface area contributed by atoms with Crippen molar-refractivity contribution in [3.63, 3.8) is 0 Å². The number of hydrogen-bond donors (Lipinski definition) is 1. The van der Waals surface area contributed by atoms with Crippen LogP contribution in [0.4, 0.5) is 0 Å². The number of alkyl halides is 1. The molecule has 0 saturated carbocycles. The Balaban J connectivity index is 3.27. The number of azide groups is 1. The third-order valence-electron chi connectivity index (χ3n) is 2.96. The first-order chi connectivity index (χ1) is 11.1. The van der Waals surface area contributed by atoms with Crippen molar-refractivity contribution in [3.05, 3.63) is 10.4 Å². The highest BCUT2D eigenvalue weighted by molar-refractivity contribution is 9.09. The van der Waals surface area contributed by atoms with Crippen LogP contribution in [0.1, 0.15) is 20.8 Å². The lowest BCUT2D eigenvalue weighted by atomic mass is 9.93. The van der Waals surface area contributed by atoms with Crippen LogP contribution in [0.5, 0.6) is 0 Å². The minimum Gasteiger partial charge on any atom is -0.463 e. The smallest absolute Gasteiger partial charge is 0.303 e. The Morgan fingerprint density at radius 1 is 1.21 bits per heavy atom. The van der Waals surface area contributed by atoms with Crippen LogP contribution in [-0.2, 0) is 33.3 Å². The quantitative estimate of drug-likeness (QED) is 0.172. The van der Waals surface area contributed by atoms with Crippen molar-refractivity contribution >= 4 is 33.8 Å². The monoisotopic (exact) mass is 409 g/mol. The normalized spacial score (nSPS) is 32.2. The molecule has 0 aromatic carbocycles. The van der Waals surface area contributed by atoms with E-state index in [1.54, 1.807) is 0 Å². The number of nitrogens with zero attached hydrogens (tertiary/aromatic N) is 3. The molecule has 5 atom stereocenters. The van der Waals surface area contributed by atoms with Crippen molar-refractivity contribution in [2.45, 2.75) is 49.8 Å². The fourth-order valence-electron chi connectivity index (χ4n) is 2.11. The highest BCUT2D eigenvalue weighted by Gasteiger charge is 2.59. The van der Waals surface area contributed by atoms with Gasteiger partial charge in [0.05, 0.1) is 0 Å². The molecule has 0 aliphatic carbocycles. The van der Waals surface area contributed by atoms with Crippen LogP contribution < -0.4 is 0 Å². The topological polar surface area (TPSA) is 157 Å². The second kappa shape index (κ2) is 8.29. The van der Waals surface area contributed by atoms with Gasteiger partial charge in [-0.15, -0.1) is 0 Å². The molecule has 1 heterocycles. The molecule has 1 aliphatic rings. The van der Waals surface area contributed by atoms with E-state index in [0.29, 0.717) is 0 Å². The van der Waals surface area contributed by atoms with E-state index in [-0.39, 0.29) is 0 Å². The Labute approximate surface area is 144 Å². The van der Waals surface area contributed by atoms with Crippen LogP contribution in [0.3, 0.4) is 0 Å². The van der Waals surface area contributed by atoms with Crippen molar-refractivity contribution < 1.29 is 38.4 Å². The van der Waals surface area contributed by atoms with Gasteiger partial charge >= 0.3 is 17.9 Å². The van der Waals surface area contributed by atoms with Gasteiger partial charge in [-0.3, -0.25) is 14.4 Å². The Bertz CT molecular complexity index is 567. The fraction of sp³-hybridized carbons (Fsp3) is 0.750. The second-order valence-corrected chi connectivity index (χ2v) is 5.76. The van der Waals surface area contributed by atoms with E-state index in [9.17, 15) is 19.5 Å². The molecule has 24 heavy (non-hydrogen) atoms. The molecule has 0 aromatic heterocycles. The maximum Gasteiger partial charge on any atom is 0.303 e. The van der Waals surface area contributed by atoms with Gasteiger partial charge < -0.3 is 24.1 Å². The number of hydrogen-bond acceptors (Lipinski definition) is 9. The number of aliphatic hydroxyl groups is 1. The van der Waals surface area contributed by atoms with Crippen LogP contribution in [0.2, 0.25) is 0 Å². The molecule has 0 radical (unpaired) electrons. The van der Waals surface area contributed by atoms with Gasteiger partial charge in [0, 0.05) is 25.7 Å². The van der Waals surface area contributed by atoms with Gasteiger partial charge in [0.15, 0.2) is 17.2 Å². The van der Waals surface area contributed by atoms with E-state index in [4.69, 9.17) is 24.5 Å². The lowest BCUT2D eigenvalue weighted by molar-refractivity contribution is -0.265. The van der Waals surface area contributed by atoms with Gasteiger partial charge in [0.25, 0.3) is 0 Å². The van der Waals surface area contributed by atoms with Crippen LogP contribution in [-0.4, -0.2) is 58.7 Å². The summed E-state index contributed by atoms with van der Waals surface area (Å²) in [5.41, 5.74) is 6.27. The van der Waals surface area contributed by atoms with E-state index in [2.05, 4.69) is 26.0 Å². The molecule has 0 unspecified atom stereocenters. The number of rotatable bonds is 5. The van der Waals surface area contributed by atoms with E-state index < -0.39 is 53.6 Å². The van der Waals surface area contributed by atoms with Crippen LogP contribution >= 0.6 is 15.9 Å². The Kier molecular flexibility index (Phi) is 6.96. The first-order valence-electron chi connectivity index (χ1n) is 6.67. The van der Waals surface area contributed by atoms with Crippen molar-refractivity contribution in [3.8, 4) is 0 Å². The first kappa shape index (κ1) is 20.2. The predicted molar refractivity (Wildman–Crippen MR) is 79.4 cm³/mol. The van der Waals surface area contributed by atoms with Crippen molar-refractivity contribution in [1.29, 1.82) is 0 Å². The molecule has 1 rings (SSSR count). The number of ether oxygens (including phenoxy) is 4. The average molecular weight is 410 g/mol. The number of halogens is 1. The Morgan fingerprint density at radius 3 is 2.21 bits per heavy atom. The number of esters is 3. The van der Waals surface area contributed by atoms with E-state index in [1.165, 1.54) is 0 Å². The van der Waals surface area contributed by atoms with Crippen molar-refractivity contribution in [2.24, 2.45) is 5.11 Å². The van der Waals surface area contributed by atoms with Gasteiger partial charge in [-0.2, -0.15) is 0 Å². The summed E-state index contributed by atoms with van der Waals surface area (Å²) < 4.78 is 20.2. The number of carbonyl (C=O) groups is 3. The van der Waals surface area contributed by atoms with Crippen LogP contribution in [0.25, 0.3) is 10.4 Å².